The highest BCUT2D eigenvalue weighted by Crippen LogP contribution is 2.37. The van der Waals surface area contributed by atoms with E-state index in [1.807, 2.05) is 24.3 Å². The number of rotatable bonds is 5. The summed E-state index contributed by atoms with van der Waals surface area (Å²) in [4.78, 5) is 26.3. The molecule has 0 aromatic heterocycles. The molecule has 2 aromatic rings. The molecule has 0 bridgehead atoms. The number of amides is 2. The zero-order valence-electron chi connectivity index (χ0n) is 16.7. The second-order valence-corrected chi connectivity index (χ2v) is 7.82. The van der Waals surface area contributed by atoms with Crippen LogP contribution in [0, 0.1) is 5.82 Å². The zero-order valence-corrected chi connectivity index (χ0v) is 16.7. The number of halogens is 1. The van der Waals surface area contributed by atoms with Gasteiger partial charge in [-0.05, 0) is 67.1 Å². The van der Waals surface area contributed by atoms with Gasteiger partial charge in [-0.25, -0.2) is 4.39 Å². The molecule has 1 heterocycles. The third kappa shape index (κ3) is 4.26. The van der Waals surface area contributed by atoms with Gasteiger partial charge in [0, 0.05) is 19.5 Å². The monoisotopic (exact) mass is 396 g/mol. The zero-order chi connectivity index (χ0) is 20.5. The Kier molecular flexibility index (Phi) is 5.26. The molecule has 1 N–H and O–H groups in total. The topological polar surface area (TPSA) is 58.6 Å². The first-order chi connectivity index (χ1) is 13.9. The number of nitrogens with zero attached hydrogens (tertiary/aromatic N) is 1. The number of fused-ring (bicyclic) bond motifs is 1. The number of nitrogens with one attached hydrogen (secondary N) is 1. The van der Waals surface area contributed by atoms with Gasteiger partial charge in [0.25, 0.3) is 5.91 Å². The van der Waals surface area contributed by atoms with Crippen LogP contribution >= 0.6 is 0 Å². The first-order valence-corrected chi connectivity index (χ1v) is 10.0. The Hall–Kier alpha value is -2.89. The molecule has 1 aliphatic carbocycles. The summed E-state index contributed by atoms with van der Waals surface area (Å²) < 4.78 is 19.8. The summed E-state index contributed by atoms with van der Waals surface area (Å²) in [6.45, 7) is 3.83. The maximum atomic E-state index is 13.9. The maximum absolute atomic E-state index is 13.9. The SMILES string of the molecule is CC(=O)N1CCc2ccc(OC(C)C(=O)NC3CC3)cc2C1c1cccc(F)c1. The minimum Gasteiger partial charge on any atom is -0.481 e. The minimum absolute atomic E-state index is 0.0617. The summed E-state index contributed by atoms with van der Waals surface area (Å²) in [5, 5.41) is 2.94. The molecule has 2 amide bonds. The van der Waals surface area contributed by atoms with E-state index in [1.54, 1.807) is 17.9 Å². The van der Waals surface area contributed by atoms with E-state index in [1.165, 1.54) is 19.1 Å². The van der Waals surface area contributed by atoms with Crippen LogP contribution in [0.15, 0.2) is 42.5 Å². The fourth-order valence-electron chi connectivity index (χ4n) is 3.85. The summed E-state index contributed by atoms with van der Waals surface area (Å²) in [6.07, 6.45) is 2.15. The molecule has 2 aliphatic rings. The van der Waals surface area contributed by atoms with Gasteiger partial charge in [0.15, 0.2) is 6.10 Å². The third-order valence-corrected chi connectivity index (χ3v) is 5.52. The van der Waals surface area contributed by atoms with Gasteiger partial charge in [0.2, 0.25) is 5.91 Å². The average Bonchev–Trinajstić information content (AvgIpc) is 3.50. The van der Waals surface area contributed by atoms with E-state index in [4.69, 9.17) is 4.74 Å². The molecule has 5 nitrogen and oxygen atoms in total. The minimum atomic E-state index is -0.617. The molecule has 0 spiro atoms. The standard InChI is InChI=1S/C23H25FN2O3/c1-14(23(28)25-19-7-8-19)29-20-9-6-16-10-11-26(15(2)27)22(21(16)13-20)17-4-3-5-18(24)12-17/h3-6,9,12-14,19,22H,7-8,10-11H2,1-2H3,(H,25,28). The van der Waals surface area contributed by atoms with Gasteiger partial charge in [-0.15, -0.1) is 0 Å². The molecule has 0 radical (unpaired) electrons. The van der Waals surface area contributed by atoms with E-state index in [0.29, 0.717) is 12.3 Å². The predicted molar refractivity (Wildman–Crippen MR) is 107 cm³/mol. The van der Waals surface area contributed by atoms with Gasteiger partial charge >= 0.3 is 0 Å². The van der Waals surface area contributed by atoms with Crippen molar-refractivity contribution in [1.29, 1.82) is 0 Å². The molecule has 6 heteroatoms. The molecule has 2 unspecified atom stereocenters. The third-order valence-electron chi connectivity index (χ3n) is 5.52. The molecule has 2 atom stereocenters. The van der Waals surface area contributed by atoms with Crippen LogP contribution in [0.25, 0.3) is 0 Å². The predicted octanol–water partition coefficient (Wildman–Crippen LogP) is 3.37. The summed E-state index contributed by atoms with van der Waals surface area (Å²) in [6, 6.07) is 11.9. The number of benzene rings is 2. The van der Waals surface area contributed by atoms with Crippen LogP contribution in [-0.2, 0) is 16.0 Å². The van der Waals surface area contributed by atoms with Gasteiger partial charge in [-0.2, -0.15) is 0 Å². The first-order valence-electron chi connectivity index (χ1n) is 10.0. The largest absolute Gasteiger partial charge is 0.481 e. The van der Waals surface area contributed by atoms with Crippen molar-refractivity contribution in [3.63, 3.8) is 0 Å². The molecular formula is C23H25FN2O3. The van der Waals surface area contributed by atoms with Gasteiger partial charge in [0.05, 0.1) is 6.04 Å². The molecule has 0 saturated heterocycles. The lowest BCUT2D eigenvalue weighted by Gasteiger charge is -2.37. The van der Waals surface area contributed by atoms with Crippen LogP contribution < -0.4 is 10.1 Å². The lowest BCUT2D eigenvalue weighted by Crippen LogP contribution is -2.39. The van der Waals surface area contributed by atoms with Crippen molar-refractivity contribution in [3.8, 4) is 5.75 Å². The van der Waals surface area contributed by atoms with E-state index in [2.05, 4.69) is 5.32 Å². The van der Waals surface area contributed by atoms with E-state index >= 15 is 0 Å². The molecule has 2 aromatic carbocycles. The smallest absolute Gasteiger partial charge is 0.260 e. The number of ether oxygens (including phenoxy) is 1. The Morgan fingerprint density at radius 3 is 2.69 bits per heavy atom. The first kappa shape index (κ1) is 19.4. The van der Waals surface area contributed by atoms with E-state index in [0.717, 1.165) is 36.0 Å². The van der Waals surface area contributed by atoms with Crippen molar-refractivity contribution in [2.75, 3.05) is 6.54 Å². The number of carbonyl (C=O) groups excluding carboxylic acids is 2. The van der Waals surface area contributed by atoms with E-state index in [9.17, 15) is 14.0 Å². The number of hydrogen-bond donors (Lipinski definition) is 1. The molecule has 152 valence electrons. The molecule has 29 heavy (non-hydrogen) atoms. The molecule has 1 fully saturated rings. The molecule has 4 rings (SSSR count). The highest BCUT2D eigenvalue weighted by Gasteiger charge is 2.31. The number of hydrogen-bond acceptors (Lipinski definition) is 3. The second-order valence-electron chi connectivity index (χ2n) is 7.82. The fourth-order valence-corrected chi connectivity index (χ4v) is 3.85. The Balaban J connectivity index is 1.64. The van der Waals surface area contributed by atoms with Crippen LogP contribution in [0.1, 0.15) is 49.4 Å². The van der Waals surface area contributed by atoms with Crippen LogP contribution in [0.3, 0.4) is 0 Å². The van der Waals surface area contributed by atoms with E-state index in [-0.39, 0.29) is 29.7 Å². The Morgan fingerprint density at radius 2 is 2.00 bits per heavy atom. The normalized spacial score (nSPS) is 19.3. The number of carbonyl (C=O) groups is 2. The lowest BCUT2D eigenvalue weighted by molar-refractivity contribution is -0.131. The summed E-state index contributed by atoms with van der Waals surface area (Å²) >= 11 is 0. The lowest BCUT2D eigenvalue weighted by atomic mass is 9.88. The van der Waals surface area contributed by atoms with Crippen LogP contribution in [0.2, 0.25) is 0 Å². The van der Waals surface area contributed by atoms with Crippen LogP contribution in [0.4, 0.5) is 4.39 Å². The summed E-state index contributed by atoms with van der Waals surface area (Å²) in [5.74, 6) is 0.0376. The van der Waals surface area contributed by atoms with Gasteiger partial charge in [0.1, 0.15) is 11.6 Å². The second kappa shape index (κ2) is 7.85. The van der Waals surface area contributed by atoms with Crippen molar-refractivity contribution >= 4 is 11.8 Å². The molecule has 1 saturated carbocycles. The molecular weight excluding hydrogens is 371 g/mol. The quantitative estimate of drug-likeness (QED) is 0.843. The van der Waals surface area contributed by atoms with Crippen molar-refractivity contribution in [3.05, 3.63) is 65.0 Å². The van der Waals surface area contributed by atoms with E-state index < -0.39 is 6.10 Å². The summed E-state index contributed by atoms with van der Waals surface area (Å²) in [5.41, 5.74) is 2.72. The highest BCUT2D eigenvalue weighted by atomic mass is 19.1. The van der Waals surface area contributed by atoms with Crippen molar-refractivity contribution < 1.29 is 18.7 Å². The highest BCUT2D eigenvalue weighted by molar-refractivity contribution is 5.81. The van der Waals surface area contributed by atoms with Crippen LogP contribution in [0.5, 0.6) is 5.75 Å². The Labute approximate surface area is 169 Å². The Morgan fingerprint density at radius 1 is 1.21 bits per heavy atom. The van der Waals surface area contributed by atoms with Gasteiger partial charge in [-0.1, -0.05) is 18.2 Å². The summed E-state index contributed by atoms with van der Waals surface area (Å²) in [7, 11) is 0. The van der Waals surface area contributed by atoms with Crippen LogP contribution in [-0.4, -0.2) is 35.4 Å². The Bertz CT molecular complexity index is 941. The van der Waals surface area contributed by atoms with Crippen molar-refractivity contribution in [1.82, 2.24) is 10.2 Å². The average molecular weight is 396 g/mol. The van der Waals surface area contributed by atoms with Crippen molar-refractivity contribution in [2.45, 2.75) is 51.3 Å². The van der Waals surface area contributed by atoms with Gasteiger partial charge in [-0.3, -0.25) is 9.59 Å². The molecule has 1 aliphatic heterocycles. The van der Waals surface area contributed by atoms with Crippen molar-refractivity contribution in [2.24, 2.45) is 0 Å². The fraction of sp³-hybridized carbons (Fsp3) is 0.391. The van der Waals surface area contributed by atoms with Gasteiger partial charge < -0.3 is 15.0 Å². The maximum Gasteiger partial charge on any atom is 0.260 e.